The van der Waals surface area contributed by atoms with Gasteiger partial charge in [0.05, 0.1) is 5.75 Å². The lowest BCUT2D eigenvalue weighted by Gasteiger charge is -2.01. The number of nitrogens with zero attached hydrogens (tertiary/aromatic N) is 1. The minimum absolute atomic E-state index is 0.0268. The fourth-order valence-electron chi connectivity index (χ4n) is 1.54. The molecule has 1 aliphatic heterocycles. The van der Waals surface area contributed by atoms with Gasteiger partial charge in [-0.2, -0.15) is 0 Å². The van der Waals surface area contributed by atoms with Crippen molar-refractivity contribution in [1.29, 1.82) is 0 Å². The second-order valence-corrected chi connectivity index (χ2v) is 5.70. The minimum atomic E-state index is -0.185. The lowest BCUT2D eigenvalue weighted by molar-refractivity contribution is -0.120. The van der Waals surface area contributed by atoms with Gasteiger partial charge in [-0.15, -0.1) is 11.8 Å². The maximum absolute atomic E-state index is 11.4. The normalized spacial score (nSPS) is 19.1. The molecule has 1 heterocycles. The Morgan fingerprint density at radius 3 is 2.71 bits per heavy atom. The Kier molecular flexibility index (Phi) is 4.23. The number of nitrogens with one attached hydrogen (secondary N) is 1. The molecule has 90 valence electrons. The molecule has 1 amide bonds. The van der Waals surface area contributed by atoms with Gasteiger partial charge in [0, 0.05) is 9.37 Å². The van der Waals surface area contributed by atoms with Crippen LogP contribution in [0, 0.1) is 0 Å². The molecule has 1 atom stereocenters. The summed E-state index contributed by atoms with van der Waals surface area (Å²) in [6.45, 7) is 1.97. The molecule has 5 heteroatoms. The van der Waals surface area contributed by atoms with E-state index < -0.39 is 0 Å². The number of hydrogen-bond donors (Lipinski definition) is 1. The summed E-state index contributed by atoms with van der Waals surface area (Å²) >= 11 is 5.07. The van der Waals surface area contributed by atoms with Gasteiger partial charge in [-0.05, 0) is 30.7 Å². The van der Waals surface area contributed by atoms with E-state index in [1.54, 1.807) is 11.8 Å². The molecule has 0 aromatic heterocycles. The highest BCUT2D eigenvalue weighted by atomic mass is 79.9. The molecule has 1 aliphatic rings. The molecule has 1 aromatic carbocycles. The van der Waals surface area contributed by atoms with Crippen LogP contribution in [0.4, 0.5) is 0 Å². The Hall–Kier alpha value is -0.810. The summed E-state index contributed by atoms with van der Waals surface area (Å²) in [5.74, 6) is 1.53. The lowest BCUT2D eigenvalue weighted by atomic mass is 10.2. The number of halogens is 1. The van der Waals surface area contributed by atoms with Crippen LogP contribution in [0.15, 0.2) is 38.6 Å². The van der Waals surface area contributed by atoms with Crippen LogP contribution in [-0.2, 0) is 4.79 Å². The summed E-state index contributed by atoms with van der Waals surface area (Å²) in [4.78, 5) is 16.9. The molecule has 1 N–H and O–H groups in total. The van der Waals surface area contributed by atoms with E-state index in [1.165, 1.54) is 4.90 Å². The average molecular weight is 313 g/mol. The van der Waals surface area contributed by atoms with E-state index in [2.05, 4.69) is 26.2 Å². The monoisotopic (exact) mass is 312 g/mol. The average Bonchev–Trinajstić information content (AvgIpc) is 2.69. The van der Waals surface area contributed by atoms with Crippen LogP contribution in [0.5, 0.6) is 0 Å². The van der Waals surface area contributed by atoms with Crippen molar-refractivity contribution in [1.82, 2.24) is 5.32 Å². The van der Waals surface area contributed by atoms with Gasteiger partial charge in [-0.3, -0.25) is 9.79 Å². The van der Waals surface area contributed by atoms with E-state index in [9.17, 15) is 4.79 Å². The molecule has 0 radical (unpaired) electrons. The summed E-state index contributed by atoms with van der Waals surface area (Å²) in [5, 5.41) is 2.82. The highest BCUT2D eigenvalue weighted by molar-refractivity contribution is 9.10. The zero-order chi connectivity index (χ0) is 12.3. The third-order valence-electron chi connectivity index (χ3n) is 2.46. The molecule has 0 bridgehead atoms. The Balaban J connectivity index is 1.91. The van der Waals surface area contributed by atoms with E-state index in [-0.39, 0.29) is 11.9 Å². The zero-order valence-corrected chi connectivity index (χ0v) is 11.8. The van der Waals surface area contributed by atoms with E-state index in [0.29, 0.717) is 5.75 Å². The molecule has 0 aliphatic carbocycles. The van der Waals surface area contributed by atoms with Gasteiger partial charge in [0.25, 0.3) is 0 Å². The van der Waals surface area contributed by atoms with Crippen LogP contribution >= 0.6 is 27.7 Å². The maximum atomic E-state index is 11.4. The van der Waals surface area contributed by atoms with Crippen LogP contribution in [-0.4, -0.2) is 23.5 Å². The van der Waals surface area contributed by atoms with Gasteiger partial charge in [0.15, 0.2) is 0 Å². The Bertz CT molecular complexity index is 444. The smallest absolute Gasteiger partial charge is 0.250 e. The molecule has 1 aromatic rings. The largest absolute Gasteiger partial charge is 0.312 e. The van der Waals surface area contributed by atoms with Crippen LogP contribution < -0.4 is 5.32 Å². The van der Waals surface area contributed by atoms with Crippen LogP contribution in [0.1, 0.15) is 13.3 Å². The highest BCUT2D eigenvalue weighted by Crippen LogP contribution is 2.21. The molecule has 17 heavy (non-hydrogen) atoms. The van der Waals surface area contributed by atoms with Gasteiger partial charge in [0.1, 0.15) is 11.9 Å². The molecule has 3 nitrogen and oxygen atoms in total. The number of aliphatic imine (C=N–C) groups is 1. The van der Waals surface area contributed by atoms with Crippen LogP contribution in [0.3, 0.4) is 0 Å². The first-order valence-corrected chi connectivity index (χ1v) is 7.23. The number of rotatable bonds is 4. The quantitative estimate of drug-likeness (QED) is 0.869. The first-order valence-electron chi connectivity index (χ1n) is 5.45. The molecular weight excluding hydrogens is 300 g/mol. The van der Waals surface area contributed by atoms with Gasteiger partial charge >= 0.3 is 0 Å². The first kappa shape index (κ1) is 12.6. The summed E-state index contributed by atoms with van der Waals surface area (Å²) in [6, 6.07) is 7.92. The van der Waals surface area contributed by atoms with E-state index in [4.69, 9.17) is 0 Å². The van der Waals surface area contributed by atoms with Crippen molar-refractivity contribution >= 4 is 39.4 Å². The van der Waals surface area contributed by atoms with Gasteiger partial charge in [0.2, 0.25) is 5.91 Å². The number of benzene rings is 1. The van der Waals surface area contributed by atoms with Gasteiger partial charge < -0.3 is 5.32 Å². The first-order chi connectivity index (χ1) is 8.19. The molecular formula is C12H13BrN2OS. The Morgan fingerprint density at radius 1 is 1.41 bits per heavy atom. The Labute approximate surface area is 113 Å². The number of amidine groups is 1. The summed E-state index contributed by atoms with van der Waals surface area (Å²) < 4.78 is 1.07. The van der Waals surface area contributed by atoms with Crippen molar-refractivity contribution < 1.29 is 4.79 Å². The molecule has 1 unspecified atom stereocenters. The fourth-order valence-corrected chi connectivity index (χ4v) is 2.58. The molecule has 0 spiro atoms. The van der Waals surface area contributed by atoms with E-state index >= 15 is 0 Å². The fraction of sp³-hybridized carbons (Fsp3) is 0.333. The van der Waals surface area contributed by atoms with Crippen molar-refractivity contribution in [2.24, 2.45) is 4.99 Å². The highest BCUT2D eigenvalue weighted by Gasteiger charge is 2.23. The lowest BCUT2D eigenvalue weighted by Crippen LogP contribution is -2.29. The number of amides is 1. The molecule has 0 fully saturated rings. The van der Waals surface area contributed by atoms with E-state index in [0.717, 1.165) is 16.7 Å². The van der Waals surface area contributed by atoms with E-state index in [1.807, 2.05) is 31.2 Å². The summed E-state index contributed by atoms with van der Waals surface area (Å²) in [7, 11) is 0. The van der Waals surface area contributed by atoms with Crippen molar-refractivity contribution in [2.45, 2.75) is 24.3 Å². The third-order valence-corrected chi connectivity index (χ3v) is 4.01. The molecule has 0 saturated carbocycles. The van der Waals surface area contributed by atoms with Gasteiger partial charge in [-0.1, -0.05) is 22.9 Å². The predicted molar refractivity (Wildman–Crippen MR) is 74.5 cm³/mol. The second-order valence-electron chi connectivity index (χ2n) is 3.73. The van der Waals surface area contributed by atoms with Crippen molar-refractivity contribution in [2.75, 3.05) is 5.75 Å². The third kappa shape index (κ3) is 3.33. The van der Waals surface area contributed by atoms with Crippen LogP contribution in [0.2, 0.25) is 0 Å². The summed E-state index contributed by atoms with van der Waals surface area (Å²) in [6.07, 6.45) is 0.762. The number of carbonyl (C=O) groups is 1. The maximum Gasteiger partial charge on any atom is 0.250 e. The topological polar surface area (TPSA) is 41.5 Å². The van der Waals surface area contributed by atoms with Crippen molar-refractivity contribution in [3.05, 3.63) is 28.7 Å². The number of carbonyl (C=O) groups excluding carboxylic acids is 1. The number of hydrogen-bond acceptors (Lipinski definition) is 3. The Morgan fingerprint density at radius 2 is 2.12 bits per heavy atom. The standard InChI is InChI=1S/C12H13BrN2OS/c1-2-10-12(16)15-11(14-10)7-17-9-5-3-8(13)4-6-9/h3-6,10H,2,7H2,1H3,(H,14,15,16). The number of thioether (sulfide) groups is 1. The predicted octanol–water partition coefficient (Wildman–Crippen LogP) is 2.85. The van der Waals surface area contributed by atoms with Crippen molar-refractivity contribution in [3.63, 3.8) is 0 Å². The van der Waals surface area contributed by atoms with Crippen molar-refractivity contribution in [3.8, 4) is 0 Å². The summed E-state index contributed by atoms with van der Waals surface area (Å²) in [5.41, 5.74) is 0. The van der Waals surface area contributed by atoms with Crippen LogP contribution in [0.25, 0.3) is 0 Å². The SMILES string of the molecule is CCC1N=C(CSc2ccc(Br)cc2)NC1=O. The van der Waals surface area contributed by atoms with Gasteiger partial charge in [-0.25, -0.2) is 0 Å². The minimum Gasteiger partial charge on any atom is -0.312 e. The molecule has 2 rings (SSSR count). The molecule has 0 saturated heterocycles. The zero-order valence-electron chi connectivity index (χ0n) is 9.44. The second kappa shape index (κ2) is 5.69.